The van der Waals surface area contributed by atoms with Crippen molar-refractivity contribution in [3.05, 3.63) is 65.7 Å². The predicted octanol–water partition coefficient (Wildman–Crippen LogP) is 2.63. The van der Waals surface area contributed by atoms with Gasteiger partial charge in [0, 0.05) is 23.8 Å². The molecule has 2 N–H and O–H groups in total. The summed E-state index contributed by atoms with van der Waals surface area (Å²) in [5, 5.41) is 6.13. The van der Waals surface area contributed by atoms with Crippen molar-refractivity contribution in [2.24, 2.45) is 5.92 Å². The van der Waals surface area contributed by atoms with Crippen molar-refractivity contribution in [3.8, 4) is 0 Å². The van der Waals surface area contributed by atoms with Gasteiger partial charge in [0.15, 0.2) is 0 Å². The molecule has 0 radical (unpaired) electrons. The third-order valence-corrected chi connectivity index (χ3v) is 6.40. The predicted molar refractivity (Wildman–Crippen MR) is 103 cm³/mol. The first kappa shape index (κ1) is 16.5. The number of nitrogens with one attached hydrogen (secondary N) is 2. The van der Waals surface area contributed by atoms with Crippen LogP contribution in [0.25, 0.3) is 0 Å². The smallest absolute Gasteiger partial charge is 0.250 e. The fourth-order valence-electron chi connectivity index (χ4n) is 5.29. The zero-order chi connectivity index (χ0) is 18.4. The number of carbonyl (C=O) groups excluding carboxylic acids is 2. The molecule has 138 valence electrons. The van der Waals surface area contributed by atoms with Crippen LogP contribution >= 0.6 is 0 Å². The van der Waals surface area contributed by atoms with E-state index in [0.717, 1.165) is 42.6 Å². The van der Waals surface area contributed by atoms with Crippen LogP contribution in [-0.2, 0) is 21.7 Å². The van der Waals surface area contributed by atoms with E-state index in [1.807, 2.05) is 54.6 Å². The summed E-state index contributed by atoms with van der Waals surface area (Å²) in [4.78, 5) is 28.8. The van der Waals surface area contributed by atoms with Crippen LogP contribution in [0.4, 0.5) is 5.69 Å². The number of carbonyl (C=O) groups is 2. The zero-order valence-electron chi connectivity index (χ0n) is 15.2. The lowest BCUT2D eigenvalue weighted by atomic mass is 9.78. The summed E-state index contributed by atoms with van der Waals surface area (Å²) in [6.45, 7) is 1.36. The zero-order valence-corrected chi connectivity index (χ0v) is 15.2. The van der Waals surface area contributed by atoms with Gasteiger partial charge in [-0.2, -0.15) is 0 Å². The number of amides is 2. The number of hydrogen-bond acceptors (Lipinski definition) is 3. The molecule has 27 heavy (non-hydrogen) atoms. The lowest BCUT2D eigenvalue weighted by Crippen LogP contribution is -2.54. The van der Waals surface area contributed by atoms with Crippen LogP contribution in [0, 0.1) is 5.92 Å². The Morgan fingerprint density at radius 1 is 1.15 bits per heavy atom. The molecule has 2 amide bonds. The van der Waals surface area contributed by atoms with E-state index in [1.165, 1.54) is 0 Å². The quantitative estimate of drug-likeness (QED) is 0.884. The van der Waals surface area contributed by atoms with Gasteiger partial charge >= 0.3 is 0 Å². The molecular weight excluding hydrogens is 338 g/mol. The molecule has 0 aromatic heterocycles. The summed E-state index contributed by atoms with van der Waals surface area (Å²) in [7, 11) is 0. The van der Waals surface area contributed by atoms with Crippen LogP contribution in [0.1, 0.15) is 30.4 Å². The summed E-state index contributed by atoms with van der Waals surface area (Å²) < 4.78 is 0. The molecule has 3 aliphatic rings. The van der Waals surface area contributed by atoms with E-state index >= 15 is 0 Å². The van der Waals surface area contributed by atoms with Gasteiger partial charge < -0.3 is 10.6 Å². The summed E-state index contributed by atoms with van der Waals surface area (Å²) in [5.41, 5.74) is 2.00. The van der Waals surface area contributed by atoms with Gasteiger partial charge in [-0.05, 0) is 37.4 Å². The molecule has 2 fully saturated rings. The fourth-order valence-corrected chi connectivity index (χ4v) is 5.29. The molecule has 0 aliphatic carbocycles. The van der Waals surface area contributed by atoms with E-state index in [4.69, 9.17) is 0 Å². The molecule has 2 aromatic rings. The van der Waals surface area contributed by atoms with Crippen LogP contribution in [0.3, 0.4) is 0 Å². The molecule has 3 unspecified atom stereocenters. The van der Waals surface area contributed by atoms with Crippen molar-refractivity contribution in [1.82, 2.24) is 10.2 Å². The monoisotopic (exact) mass is 361 g/mol. The van der Waals surface area contributed by atoms with Gasteiger partial charge in [-0.25, -0.2) is 0 Å². The third kappa shape index (κ3) is 2.34. The summed E-state index contributed by atoms with van der Waals surface area (Å²) >= 11 is 0. The molecule has 2 saturated heterocycles. The number of anilines is 1. The minimum absolute atomic E-state index is 0.0277. The molecule has 5 heteroatoms. The van der Waals surface area contributed by atoms with Crippen LogP contribution in [0.5, 0.6) is 0 Å². The largest absolute Gasteiger partial charge is 0.352 e. The number of para-hydroxylation sites is 1. The van der Waals surface area contributed by atoms with Gasteiger partial charge in [0.1, 0.15) is 5.54 Å². The van der Waals surface area contributed by atoms with Crippen molar-refractivity contribution in [1.29, 1.82) is 0 Å². The number of hydrogen-bond donors (Lipinski definition) is 2. The van der Waals surface area contributed by atoms with E-state index in [2.05, 4.69) is 15.5 Å². The average molecular weight is 361 g/mol. The minimum atomic E-state index is -0.863. The Hall–Kier alpha value is -2.66. The summed E-state index contributed by atoms with van der Waals surface area (Å²) in [6.07, 6.45) is 2.88. The molecule has 0 bridgehead atoms. The molecule has 3 aliphatic heterocycles. The Bertz CT molecular complexity index is 897. The van der Waals surface area contributed by atoms with Crippen LogP contribution in [0.2, 0.25) is 0 Å². The Morgan fingerprint density at radius 2 is 1.93 bits per heavy atom. The maximum Gasteiger partial charge on any atom is 0.250 e. The Kier molecular flexibility index (Phi) is 3.79. The van der Waals surface area contributed by atoms with Gasteiger partial charge in [0.25, 0.3) is 0 Å². The van der Waals surface area contributed by atoms with Crippen LogP contribution in [-0.4, -0.2) is 29.3 Å². The molecule has 3 atom stereocenters. The van der Waals surface area contributed by atoms with Crippen molar-refractivity contribution >= 4 is 17.5 Å². The number of rotatable bonds is 3. The molecule has 5 rings (SSSR count). The number of fused-ring (bicyclic) bond motifs is 4. The van der Waals surface area contributed by atoms with E-state index in [1.54, 1.807) is 0 Å². The molecular formula is C22H23N3O2. The Balaban J connectivity index is 1.50. The highest BCUT2D eigenvalue weighted by Gasteiger charge is 2.65. The van der Waals surface area contributed by atoms with Crippen LogP contribution in [0.15, 0.2) is 54.6 Å². The second-order valence-corrected chi connectivity index (χ2v) is 7.75. The SMILES string of the molecule is O=C(NCc1ccccc1)C1CC2CCCN2C12C(=O)Nc1ccccc12. The summed E-state index contributed by atoms with van der Waals surface area (Å²) in [6, 6.07) is 18.0. The molecule has 0 saturated carbocycles. The maximum atomic E-state index is 13.3. The van der Waals surface area contributed by atoms with Gasteiger partial charge in [0.2, 0.25) is 11.8 Å². The highest BCUT2D eigenvalue weighted by atomic mass is 16.2. The standard InChI is InChI=1S/C22H23N3O2/c26-20(23-14-15-7-2-1-3-8-15)18-13-16-9-6-12-25(16)22(18)17-10-4-5-11-19(17)24-21(22)27/h1-5,7-8,10-11,16,18H,6,9,12-14H2,(H,23,26)(H,24,27). The van der Waals surface area contributed by atoms with Crippen molar-refractivity contribution in [3.63, 3.8) is 0 Å². The fraction of sp³-hybridized carbons (Fsp3) is 0.364. The molecule has 3 heterocycles. The van der Waals surface area contributed by atoms with Crippen molar-refractivity contribution < 1.29 is 9.59 Å². The first-order valence-electron chi connectivity index (χ1n) is 9.70. The normalized spacial score (nSPS) is 28.8. The maximum absolute atomic E-state index is 13.3. The van der Waals surface area contributed by atoms with Gasteiger partial charge in [0.05, 0.1) is 5.92 Å². The highest BCUT2D eigenvalue weighted by molar-refractivity contribution is 6.09. The number of benzene rings is 2. The van der Waals surface area contributed by atoms with Gasteiger partial charge in [-0.15, -0.1) is 0 Å². The first-order valence-corrected chi connectivity index (χ1v) is 9.70. The second-order valence-electron chi connectivity index (χ2n) is 7.75. The minimum Gasteiger partial charge on any atom is -0.352 e. The van der Waals surface area contributed by atoms with E-state index < -0.39 is 5.54 Å². The Labute approximate surface area is 158 Å². The van der Waals surface area contributed by atoms with Gasteiger partial charge in [-0.1, -0.05) is 48.5 Å². The molecule has 5 nitrogen and oxygen atoms in total. The lowest BCUT2D eigenvalue weighted by Gasteiger charge is -2.36. The second kappa shape index (κ2) is 6.20. The third-order valence-electron chi connectivity index (χ3n) is 6.40. The first-order chi connectivity index (χ1) is 13.2. The van der Waals surface area contributed by atoms with E-state index in [0.29, 0.717) is 12.6 Å². The average Bonchev–Trinajstić information content (AvgIpc) is 3.35. The molecule has 2 aromatic carbocycles. The Morgan fingerprint density at radius 3 is 2.78 bits per heavy atom. The number of nitrogens with zero attached hydrogens (tertiary/aromatic N) is 1. The highest BCUT2D eigenvalue weighted by Crippen LogP contribution is 2.55. The van der Waals surface area contributed by atoms with E-state index in [9.17, 15) is 9.59 Å². The molecule has 1 spiro atoms. The summed E-state index contributed by atoms with van der Waals surface area (Å²) in [5.74, 6) is -0.441. The topological polar surface area (TPSA) is 61.4 Å². The van der Waals surface area contributed by atoms with Crippen LogP contribution < -0.4 is 10.6 Å². The van der Waals surface area contributed by atoms with Crippen molar-refractivity contribution in [2.75, 3.05) is 11.9 Å². The van der Waals surface area contributed by atoms with E-state index in [-0.39, 0.29) is 17.7 Å². The van der Waals surface area contributed by atoms with Gasteiger partial charge in [-0.3, -0.25) is 14.5 Å². The lowest BCUT2D eigenvalue weighted by molar-refractivity contribution is -0.137. The van der Waals surface area contributed by atoms with Crippen molar-refractivity contribution in [2.45, 2.75) is 37.4 Å².